The molecule has 1 aliphatic heterocycles. The van der Waals surface area contributed by atoms with Gasteiger partial charge in [-0.1, -0.05) is 30.3 Å². The molecule has 4 rings (SSSR count). The molecule has 5 nitrogen and oxygen atoms in total. The lowest BCUT2D eigenvalue weighted by molar-refractivity contribution is -0.133. The third-order valence-electron chi connectivity index (χ3n) is 6.15. The van der Waals surface area contributed by atoms with Crippen LogP contribution in [-0.4, -0.2) is 41.3 Å². The number of thiophene rings is 1. The number of likely N-dealkylation sites (tertiary alicyclic amines) is 1. The van der Waals surface area contributed by atoms with Crippen LogP contribution in [0.15, 0.2) is 60.9 Å². The van der Waals surface area contributed by atoms with Gasteiger partial charge in [0.15, 0.2) is 0 Å². The summed E-state index contributed by atoms with van der Waals surface area (Å²) in [7, 11) is 0. The van der Waals surface area contributed by atoms with E-state index >= 15 is 0 Å². The number of piperidine rings is 1. The Morgan fingerprint density at radius 2 is 2.00 bits per heavy atom. The minimum Gasteiger partial charge on any atom is -0.356 e. The first-order valence-corrected chi connectivity index (χ1v) is 12.0. The number of carbonyl (C=O) groups is 2. The molecule has 1 saturated heterocycles. The van der Waals surface area contributed by atoms with E-state index in [4.69, 9.17) is 0 Å². The lowest BCUT2D eigenvalue weighted by atomic mass is 9.73. The normalized spacial score (nSPS) is 18.4. The number of aryl methyl sites for hydroxylation is 1. The van der Waals surface area contributed by atoms with E-state index in [9.17, 15) is 9.59 Å². The molecule has 3 aromatic rings. The first-order chi connectivity index (χ1) is 15.5. The zero-order valence-corrected chi connectivity index (χ0v) is 19.5. The Morgan fingerprint density at radius 3 is 2.72 bits per heavy atom. The third kappa shape index (κ3) is 4.60. The van der Waals surface area contributed by atoms with Gasteiger partial charge in [-0.2, -0.15) is 0 Å². The molecule has 2 amide bonds. The highest BCUT2D eigenvalue weighted by atomic mass is 32.1. The smallest absolute Gasteiger partial charge is 0.263 e. The van der Waals surface area contributed by atoms with Crippen molar-refractivity contribution >= 4 is 23.2 Å². The summed E-state index contributed by atoms with van der Waals surface area (Å²) in [5.41, 5.74) is 2.57. The van der Waals surface area contributed by atoms with E-state index in [-0.39, 0.29) is 11.8 Å². The topological polar surface area (TPSA) is 62.3 Å². The van der Waals surface area contributed by atoms with Gasteiger partial charge in [0.2, 0.25) is 5.91 Å². The first kappa shape index (κ1) is 22.2. The maximum atomic E-state index is 13.4. The van der Waals surface area contributed by atoms with Crippen molar-refractivity contribution in [1.29, 1.82) is 0 Å². The summed E-state index contributed by atoms with van der Waals surface area (Å²) in [5, 5.41) is 3.05. The minimum atomic E-state index is -0.658. The molecule has 166 valence electrons. The van der Waals surface area contributed by atoms with Crippen LogP contribution in [0.1, 0.15) is 39.9 Å². The van der Waals surface area contributed by atoms with Crippen molar-refractivity contribution in [3.8, 4) is 11.1 Å². The number of aromatic nitrogens is 1. The van der Waals surface area contributed by atoms with Gasteiger partial charge >= 0.3 is 0 Å². The summed E-state index contributed by atoms with van der Waals surface area (Å²) in [6, 6.07) is 16.0. The molecule has 1 aliphatic rings. The molecule has 0 radical (unpaired) electrons. The molecule has 32 heavy (non-hydrogen) atoms. The van der Waals surface area contributed by atoms with Crippen molar-refractivity contribution in [3.63, 3.8) is 0 Å². The van der Waals surface area contributed by atoms with Crippen molar-refractivity contribution < 1.29 is 9.59 Å². The van der Waals surface area contributed by atoms with Crippen LogP contribution in [0.4, 0.5) is 0 Å². The van der Waals surface area contributed by atoms with Crippen LogP contribution < -0.4 is 5.32 Å². The molecule has 6 heteroatoms. The van der Waals surface area contributed by atoms with E-state index in [1.165, 1.54) is 11.3 Å². The summed E-state index contributed by atoms with van der Waals surface area (Å²) in [6.07, 6.45) is 5.76. The molecular weight excluding hydrogens is 418 g/mol. The highest BCUT2D eigenvalue weighted by Gasteiger charge is 2.44. The number of amides is 2. The summed E-state index contributed by atoms with van der Waals surface area (Å²) < 4.78 is 0. The van der Waals surface area contributed by atoms with Gasteiger partial charge in [-0.15, -0.1) is 11.3 Å². The fourth-order valence-electron chi connectivity index (χ4n) is 4.61. The standard InChI is InChI=1S/C26H29N3O2S/c1-3-28-25(31)26(13-7-15-29(18-26)24(30)23-12-11-19(2)32-23)16-20-8-4-5-10-22(20)21-9-6-14-27-17-21/h4-6,8-12,14,17H,3,7,13,15-16,18H2,1-2H3,(H,28,31)/t26-/m1/s1. The molecule has 1 fully saturated rings. The Balaban J connectivity index is 1.67. The number of hydrogen-bond donors (Lipinski definition) is 1. The van der Waals surface area contributed by atoms with E-state index in [2.05, 4.69) is 22.4 Å². The highest BCUT2D eigenvalue weighted by Crippen LogP contribution is 2.38. The molecular formula is C26H29N3O2S. The summed E-state index contributed by atoms with van der Waals surface area (Å²) >= 11 is 1.51. The number of benzene rings is 1. The van der Waals surface area contributed by atoms with Crippen LogP contribution in [0, 0.1) is 12.3 Å². The van der Waals surface area contributed by atoms with E-state index in [0.717, 1.165) is 39.3 Å². The van der Waals surface area contributed by atoms with Gasteiger partial charge < -0.3 is 10.2 Å². The molecule has 3 heterocycles. The zero-order chi connectivity index (χ0) is 22.6. The molecule has 2 aromatic heterocycles. The molecule has 1 atom stereocenters. The molecule has 1 aromatic carbocycles. The lowest BCUT2D eigenvalue weighted by Gasteiger charge is -2.42. The Labute approximate surface area is 193 Å². The van der Waals surface area contributed by atoms with Crippen molar-refractivity contribution in [1.82, 2.24) is 15.2 Å². The van der Waals surface area contributed by atoms with Crippen LogP contribution >= 0.6 is 11.3 Å². The van der Waals surface area contributed by atoms with Crippen molar-refractivity contribution in [3.05, 3.63) is 76.2 Å². The first-order valence-electron chi connectivity index (χ1n) is 11.1. The van der Waals surface area contributed by atoms with Crippen LogP contribution in [-0.2, 0) is 11.2 Å². The second-order valence-corrected chi connectivity index (χ2v) is 9.74. The van der Waals surface area contributed by atoms with Gasteiger partial charge in [0.25, 0.3) is 5.91 Å². The van der Waals surface area contributed by atoms with Crippen LogP contribution in [0.3, 0.4) is 0 Å². The number of carbonyl (C=O) groups excluding carboxylic acids is 2. The fraction of sp³-hybridized carbons (Fsp3) is 0.346. The highest BCUT2D eigenvalue weighted by molar-refractivity contribution is 7.13. The van der Waals surface area contributed by atoms with Crippen molar-refractivity contribution in [2.75, 3.05) is 19.6 Å². The second-order valence-electron chi connectivity index (χ2n) is 8.46. The maximum absolute atomic E-state index is 13.4. The lowest BCUT2D eigenvalue weighted by Crippen LogP contribution is -2.54. The average Bonchev–Trinajstić information content (AvgIpc) is 3.26. The van der Waals surface area contributed by atoms with E-state index in [1.54, 1.807) is 6.20 Å². The molecule has 0 bridgehead atoms. The fourth-order valence-corrected chi connectivity index (χ4v) is 5.45. The van der Waals surface area contributed by atoms with Crippen LogP contribution in [0.2, 0.25) is 0 Å². The van der Waals surface area contributed by atoms with Crippen molar-refractivity contribution in [2.45, 2.75) is 33.1 Å². The van der Waals surface area contributed by atoms with Gasteiger partial charge in [0.1, 0.15) is 0 Å². The van der Waals surface area contributed by atoms with Gasteiger partial charge in [-0.05, 0) is 62.4 Å². The maximum Gasteiger partial charge on any atom is 0.263 e. The number of pyridine rings is 1. The van der Waals surface area contributed by atoms with Crippen LogP contribution in [0.5, 0.6) is 0 Å². The Morgan fingerprint density at radius 1 is 1.16 bits per heavy atom. The Bertz CT molecular complexity index is 1100. The average molecular weight is 448 g/mol. The minimum absolute atomic E-state index is 0.0250. The molecule has 0 aliphatic carbocycles. The number of hydrogen-bond acceptors (Lipinski definition) is 4. The van der Waals surface area contributed by atoms with Crippen molar-refractivity contribution in [2.24, 2.45) is 5.41 Å². The van der Waals surface area contributed by atoms with Gasteiger partial charge in [0.05, 0.1) is 10.3 Å². The van der Waals surface area contributed by atoms with Gasteiger partial charge in [-0.3, -0.25) is 14.6 Å². The molecule has 0 saturated carbocycles. The van der Waals surface area contributed by atoms with E-state index < -0.39 is 5.41 Å². The summed E-state index contributed by atoms with van der Waals surface area (Å²) in [5.74, 6) is 0.0536. The third-order valence-corrected chi connectivity index (χ3v) is 7.14. The number of nitrogens with zero attached hydrogens (tertiary/aromatic N) is 2. The summed E-state index contributed by atoms with van der Waals surface area (Å²) in [4.78, 5) is 34.6. The van der Waals surface area contributed by atoms with Gasteiger partial charge in [-0.25, -0.2) is 0 Å². The Kier molecular flexibility index (Phi) is 6.70. The monoisotopic (exact) mass is 447 g/mol. The summed E-state index contributed by atoms with van der Waals surface area (Å²) in [6.45, 7) is 5.63. The Hall–Kier alpha value is -2.99. The quantitative estimate of drug-likeness (QED) is 0.595. The van der Waals surface area contributed by atoms with Gasteiger partial charge in [0, 0.05) is 42.5 Å². The molecule has 1 N–H and O–H groups in total. The molecule has 0 spiro atoms. The number of rotatable bonds is 6. The number of nitrogens with one attached hydrogen (secondary N) is 1. The second kappa shape index (κ2) is 9.65. The van der Waals surface area contributed by atoms with E-state index in [1.807, 2.05) is 61.3 Å². The van der Waals surface area contributed by atoms with Crippen LogP contribution in [0.25, 0.3) is 11.1 Å². The zero-order valence-electron chi connectivity index (χ0n) is 18.6. The molecule has 0 unspecified atom stereocenters. The largest absolute Gasteiger partial charge is 0.356 e. The predicted molar refractivity (Wildman–Crippen MR) is 129 cm³/mol. The predicted octanol–water partition coefficient (Wildman–Crippen LogP) is 4.72. The van der Waals surface area contributed by atoms with E-state index in [0.29, 0.717) is 26.1 Å². The SMILES string of the molecule is CCNC(=O)[C@@]1(Cc2ccccc2-c2cccnc2)CCCN(C(=O)c2ccc(C)s2)C1.